The molecule has 0 radical (unpaired) electrons. The van der Waals surface area contributed by atoms with E-state index in [1.807, 2.05) is 18.5 Å². The van der Waals surface area contributed by atoms with Crippen LogP contribution in [0.5, 0.6) is 0 Å². The molecule has 4 nitrogen and oxygen atoms in total. The zero-order valence-electron chi connectivity index (χ0n) is 20.8. The Labute approximate surface area is 214 Å². The van der Waals surface area contributed by atoms with Crippen LogP contribution in [0.25, 0.3) is 16.8 Å². The van der Waals surface area contributed by atoms with Crippen LogP contribution < -0.4 is 5.32 Å². The molecule has 0 unspecified atom stereocenters. The number of benzene rings is 3. The van der Waals surface area contributed by atoms with Crippen molar-refractivity contribution in [1.29, 1.82) is 0 Å². The fraction of sp³-hybridized carbons (Fsp3) is 0.219. The summed E-state index contributed by atoms with van der Waals surface area (Å²) in [4.78, 5) is 9.21. The van der Waals surface area contributed by atoms with E-state index < -0.39 is 0 Å². The van der Waals surface area contributed by atoms with E-state index in [1.54, 1.807) is 0 Å². The van der Waals surface area contributed by atoms with Crippen LogP contribution in [-0.2, 0) is 19.6 Å². The van der Waals surface area contributed by atoms with Crippen LogP contribution in [-0.4, -0.2) is 41.0 Å². The van der Waals surface area contributed by atoms with Crippen molar-refractivity contribution < 1.29 is 0 Å². The Morgan fingerprint density at radius 2 is 1.17 bits per heavy atom. The highest BCUT2D eigenvalue weighted by molar-refractivity contribution is 5.69. The molecule has 1 aliphatic heterocycles. The fourth-order valence-corrected chi connectivity index (χ4v) is 4.68. The molecule has 0 bridgehead atoms. The molecule has 2 heterocycles. The molecule has 0 atom stereocenters. The first kappa shape index (κ1) is 24.0. The second kappa shape index (κ2) is 11.8. The average Bonchev–Trinajstić information content (AvgIpc) is 2.94. The van der Waals surface area contributed by atoms with Crippen LogP contribution in [0.3, 0.4) is 0 Å². The number of hydrogen-bond acceptors (Lipinski definition) is 4. The van der Waals surface area contributed by atoms with E-state index in [4.69, 9.17) is 0 Å². The fourth-order valence-electron chi connectivity index (χ4n) is 4.68. The van der Waals surface area contributed by atoms with Gasteiger partial charge in [0, 0.05) is 63.9 Å². The molecule has 4 heteroatoms. The Kier molecular flexibility index (Phi) is 7.86. The Bertz CT molecular complexity index is 1230. The molecular formula is C32H34N4. The van der Waals surface area contributed by atoms with E-state index in [0.717, 1.165) is 57.1 Å². The number of piperazine rings is 1. The summed E-state index contributed by atoms with van der Waals surface area (Å²) in [7, 11) is 0. The molecule has 4 aromatic rings. The molecule has 0 spiro atoms. The molecule has 1 fully saturated rings. The minimum absolute atomic E-state index is 0.780. The van der Waals surface area contributed by atoms with Gasteiger partial charge in [0.15, 0.2) is 0 Å². The number of pyridine rings is 1. The van der Waals surface area contributed by atoms with Gasteiger partial charge in [0.2, 0.25) is 0 Å². The highest BCUT2D eigenvalue weighted by Crippen LogP contribution is 2.23. The number of nitrogens with zero attached hydrogens (tertiary/aromatic N) is 3. The molecule has 3 aromatic carbocycles. The molecule has 0 amide bonds. The van der Waals surface area contributed by atoms with Gasteiger partial charge in [-0.1, -0.05) is 85.4 Å². The van der Waals surface area contributed by atoms with Gasteiger partial charge in [-0.2, -0.15) is 0 Å². The molecule has 1 N–H and O–H groups in total. The summed E-state index contributed by atoms with van der Waals surface area (Å²) in [5, 5.41) is 3.43. The largest absolute Gasteiger partial charge is 0.381 e. The lowest BCUT2D eigenvalue weighted by Gasteiger charge is -2.34. The normalized spacial score (nSPS) is 14.4. The molecule has 36 heavy (non-hydrogen) atoms. The minimum Gasteiger partial charge on any atom is -0.381 e. The van der Waals surface area contributed by atoms with E-state index in [1.165, 1.54) is 27.8 Å². The zero-order valence-corrected chi connectivity index (χ0v) is 20.8. The topological polar surface area (TPSA) is 31.4 Å². The van der Waals surface area contributed by atoms with Gasteiger partial charge < -0.3 is 5.32 Å². The van der Waals surface area contributed by atoms with Crippen LogP contribution in [0.4, 0.5) is 0 Å². The quantitative estimate of drug-likeness (QED) is 0.331. The van der Waals surface area contributed by atoms with Crippen molar-refractivity contribution in [3.05, 3.63) is 132 Å². The standard InChI is InChI=1S/C32H34N4/c1-26(34-23-27-5-3-2-4-6-27)30-11-13-32(14-12-30)31-9-7-28(8-10-31)24-35-19-21-36(22-20-35)25-29-15-17-33-18-16-29/h2-18,34H,1,19-25H2. The monoisotopic (exact) mass is 474 g/mol. The predicted octanol–water partition coefficient (Wildman–Crippen LogP) is 5.83. The number of aromatic nitrogens is 1. The van der Waals surface area contributed by atoms with Crippen molar-refractivity contribution in [2.45, 2.75) is 19.6 Å². The first-order valence-electron chi connectivity index (χ1n) is 12.7. The van der Waals surface area contributed by atoms with Crippen molar-refractivity contribution in [3.8, 4) is 11.1 Å². The van der Waals surface area contributed by atoms with Crippen LogP contribution in [0, 0.1) is 0 Å². The lowest BCUT2D eigenvalue weighted by Crippen LogP contribution is -2.45. The Morgan fingerprint density at radius 3 is 1.75 bits per heavy atom. The summed E-state index contributed by atoms with van der Waals surface area (Å²) in [6.07, 6.45) is 3.76. The van der Waals surface area contributed by atoms with Gasteiger partial charge in [0.25, 0.3) is 0 Å². The van der Waals surface area contributed by atoms with Gasteiger partial charge in [-0.05, 0) is 45.5 Å². The van der Waals surface area contributed by atoms with E-state index in [2.05, 4.69) is 112 Å². The third-order valence-electron chi connectivity index (χ3n) is 6.90. The maximum absolute atomic E-state index is 4.21. The predicted molar refractivity (Wildman–Crippen MR) is 149 cm³/mol. The average molecular weight is 475 g/mol. The molecule has 0 saturated carbocycles. The minimum atomic E-state index is 0.780. The molecule has 1 saturated heterocycles. The second-order valence-corrected chi connectivity index (χ2v) is 9.50. The van der Waals surface area contributed by atoms with Crippen molar-refractivity contribution in [2.24, 2.45) is 0 Å². The lowest BCUT2D eigenvalue weighted by molar-refractivity contribution is 0.122. The maximum atomic E-state index is 4.21. The zero-order chi connectivity index (χ0) is 24.6. The van der Waals surface area contributed by atoms with Gasteiger partial charge in [0.05, 0.1) is 0 Å². The number of hydrogen-bond donors (Lipinski definition) is 1. The summed E-state index contributed by atoms with van der Waals surface area (Å²) in [5.74, 6) is 0. The van der Waals surface area contributed by atoms with Gasteiger partial charge >= 0.3 is 0 Å². The molecule has 0 aliphatic carbocycles. The molecule has 5 rings (SSSR count). The summed E-state index contributed by atoms with van der Waals surface area (Å²) < 4.78 is 0. The highest BCUT2D eigenvalue weighted by Gasteiger charge is 2.17. The van der Waals surface area contributed by atoms with Gasteiger partial charge in [-0.3, -0.25) is 14.8 Å². The van der Waals surface area contributed by atoms with Crippen LogP contribution in [0.2, 0.25) is 0 Å². The molecule has 1 aromatic heterocycles. The van der Waals surface area contributed by atoms with E-state index in [-0.39, 0.29) is 0 Å². The second-order valence-electron chi connectivity index (χ2n) is 9.50. The Morgan fingerprint density at radius 1 is 0.639 bits per heavy atom. The van der Waals surface area contributed by atoms with Crippen molar-refractivity contribution in [1.82, 2.24) is 20.1 Å². The summed E-state index contributed by atoms with van der Waals surface area (Å²) in [5.41, 5.74) is 8.51. The molecule has 1 aliphatic rings. The van der Waals surface area contributed by atoms with Gasteiger partial charge in [-0.25, -0.2) is 0 Å². The lowest BCUT2D eigenvalue weighted by atomic mass is 10.0. The first-order valence-corrected chi connectivity index (χ1v) is 12.7. The number of rotatable bonds is 9. The third kappa shape index (κ3) is 6.48. The first-order chi connectivity index (χ1) is 17.7. The van der Waals surface area contributed by atoms with Crippen molar-refractivity contribution in [2.75, 3.05) is 26.2 Å². The summed E-state index contributed by atoms with van der Waals surface area (Å²) in [6.45, 7) is 11.5. The number of nitrogens with one attached hydrogen (secondary N) is 1. The van der Waals surface area contributed by atoms with Crippen LogP contribution >= 0.6 is 0 Å². The SMILES string of the molecule is C=C(NCc1ccccc1)c1ccc(-c2ccc(CN3CCN(Cc4ccncc4)CC3)cc2)cc1. The Hall–Kier alpha value is -3.73. The summed E-state index contributed by atoms with van der Waals surface area (Å²) in [6, 6.07) is 32.3. The van der Waals surface area contributed by atoms with Crippen molar-refractivity contribution >= 4 is 5.70 Å². The van der Waals surface area contributed by atoms with E-state index >= 15 is 0 Å². The van der Waals surface area contributed by atoms with E-state index in [0.29, 0.717) is 0 Å². The Balaban J connectivity index is 1.10. The van der Waals surface area contributed by atoms with Gasteiger partial charge in [0.1, 0.15) is 0 Å². The van der Waals surface area contributed by atoms with E-state index in [9.17, 15) is 0 Å². The smallest absolute Gasteiger partial charge is 0.0400 e. The molecule has 182 valence electrons. The van der Waals surface area contributed by atoms with Crippen LogP contribution in [0.15, 0.2) is 110 Å². The van der Waals surface area contributed by atoms with Crippen LogP contribution in [0.1, 0.15) is 22.3 Å². The third-order valence-corrected chi connectivity index (χ3v) is 6.90. The summed E-state index contributed by atoms with van der Waals surface area (Å²) >= 11 is 0. The van der Waals surface area contributed by atoms with Gasteiger partial charge in [-0.15, -0.1) is 0 Å². The van der Waals surface area contributed by atoms with Crippen molar-refractivity contribution in [3.63, 3.8) is 0 Å². The highest BCUT2D eigenvalue weighted by atomic mass is 15.3. The maximum Gasteiger partial charge on any atom is 0.0400 e. The molecular weight excluding hydrogens is 440 g/mol.